The van der Waals surface area contributed by atoms with Crippen molar-refractivity contribution in [3.05, 3.63) is 60.8 Å². The van der Waals surface area contributed by atoms with Crippen LogP contribution in [0.3, 0.4) is 0 Å². The molecule has 0 spiro atoms. The molecule has 4 nitrogen and oxygen atoms in total. The first-order valence-electron chi connectivity index (χ1n) is 25.5. The van der Waals surface area contributed by atoms with E-state index < -0.39 is 12.1 Å². The van der Waals surface area contributed by atoms with E-state index in [9.17, 15) is 15.0 Å². The molecule has 0 bridgehead atoms. The average Bonchev–Trinajstić information content (AvgIpc) is 3.23. The second-order valence-electron chi connectivity index (χ2n) is 17.2. The maximum absolute atomic E-state index is 12.3. The van der Waals surface area contributed by atoms with Gasteiger partial charge in [-0.05, 0) is 44.9 Å². The number of aliphatic hydroxyl groups excluding tert-OH is 2. The molecule has 0 saturated heterocycles. The van der Waals surface area contributed by atoms with Gasteiger partial charge in [0.2, 0.25) is 5.91 Å². The maximum atomic E-state index is 12.3. The smallest absolute Gasteiger partial charge is 0.220 e. The molecule has 4 heteroatoms. The molecule has 0 aliphatic carbocycles. The Balaban J connectivity index is 3.47. The second kappa shape index (κ2) is 49.5. The predicted octanol–water partition coefficient (Wildman–Crippen LogP) is 16.5. The van der Waals surface area contributed by atoms with Crippen molar-refractivity contribution in [1.82, 2.24) is 5.32 Å². The van der Waals surface area contributed by atoms with Gasteiger partial charge in [0, 0.05) is 6.42 Å². The maximum Gasteiger partial charge on any atom is 0.220 e. The van der Waals surface area contributed by atoms with E-state index in [1.165, 1.54) is 193 Å². The summed E-state index contributed by atoms with van der Waals surface area (Å²) in [6.07, 6.45) is 69.7. The molecule has 3 N–H and O–H groups in total. The number of nitrogens with one attached hydrogen (secondary N) is 1. The first-order chi connectivity index (χ1) is 28.7. The number of rotatable bonds is 46. The SMILES string of the molecule is CC/C=C\C/C=C\C/C=C\C/C=C\CCC(=O)NC(CO)C(O)/C=C/CCCCCCCCCCCCCCCCCCCCCCCCCCCCCCCCC. The van der Waals surface area contributed by atoms with Crippen LogP contribution in [0.1, 0.15) is 258 Å². The van der Waals surface area contributed by atoms with Crippen molar-refractivity contribution in [2.45, 2.75) is 270 Å². The molecule has 0 aromatic rings. The predicted molar refractivity (Wildman–Crippen MR) is 258 cm³/mol. The molecule has 0 saturated carbocycles. The molecule has 0 radical (unpaired) electrons. The third-order valence-electron chi connectivity index (χ3n) is 11.5. The highest BCUT2D eigenvalue weighted by Crippen LogP contribution is 2.17. The third kappa shape index (κ3) is 45.2. The topological polar surface area (TPSA) is 69.6 Å². The molecular formula is C54H99NO3. The largest absolute Gasteiger partial charge is 0.394 e. The van der Waals surface area contributed by atoms with Crippen LogP contribution in [0.25, 0.3) is 0 Å². The molecule has 0 aliphatic rings. The molecule has 58 heavy (non-hydrogen) atoms. The number of carbonyl (C=O) groups excluding carboxylic acids is 1. The van der Waals surface area contributed by atoms with Gasteiger partial charge < -0.3 is 15.5 Å². The van der Waals surface area contributed by atoms with E-state index in [-0.39, 0.29) is 12.5 Å². The fraction of sp³-hybridized carbons (Fsp3) is 0.796. The summed E-state index contributed by atoms with van der Waals surface area (Å²) < 4.78 is 0. The lowest BCUT2D eigenvalue weighted by atomic mass is 10.0. The fourth-order valence-electron chi connectivity index (χ4n) is 7.66. The molecule has 2 atom stereocenters. The van der Waals surface area contributed by atoms with Crippen molar-refractivity contribution in [2.24, 2.45) is 0 Å². The lowest BCUT2D eigenvalue weighted by molar-refractivity contribution is -0.122. The lowest BCUT2D eigenvalue weighted by Crippen LogP contribution is -2.45. The number of unbranched alkanes of at least 4 members (excludes halogenated alkanes) is 31. The van der Waals surface area contributed by atoms with Gasteiger partial charge in [-0.25, -0.2) is 0 Å². The number of hydrogen-bond donors (Lipinski definition) is 3. The van der Waals surface area contributed by atoms with E-state index in [0.29, 0.717) is 12.8 Å². The lowest BCUT2D eigenvalue weighted by Gasteiger charge is -2.19. The van der Waals surface area contributed by atoms with Crippen LogP contribution in [-0.4, -0.2) is 34.9 Å². The van der Waals surface area contributed by atoms with E-state index >= 15 is 0 Å². The number of aliphatic hydroxyl groups is 2. The molecule has 338 valence electrons. The molecule has 0 aromatic carbocycles. The third-order valence-corrected chi connectivity index (χ3v) is 11.5. The summed E-state index contributed by atoms with van der Waals surface area (Å²) in [4.78, 5) is 12.3. The average molecular weight is 810 g/mol. The minimum absolute atomic E-state index is 0.143. The van der Waals surface area contributed by atoms with Gasteiger partial charge in [-0.3, -0.25) is 4.79 Å². The van der Waals surface area contributed by atoms with Gasteiger partial charge >= 0.3 is 0 Å². The first-order valence-corrected chi connectivity index (χ1v) is 25.5. The Bertz CT molecular complexity index is 965. The standard InChI is InChI=1S/C54H99NO3/c1-3-5-7-9-11-13-15-17-18-19-20-21-22-23-24-25-26-27-28-29-30-31-32-33-34-35-36-38-39-41-43-45-47-49-53(57)52(51-56)55-54(58)50-48-46-44-42-40-37-16-14-12-10-8-6-4-2/h6,8,12,14,37,40,44,46-47,49,52-53,56-57H,3-5,7,9-11,13,15-36,38-39,41-43,45,48,50-51H2,1-2H3,(H,55,58)/b8-6-,14-12-,40-37-,46-44-,49-47+. The van der Waals surface area contributed by atoms with Gasteiger partial charge in [0.15, 0.2) is 0 Å². The zero-order valence-corrected chi connectivity index (χ0v) is 38.8. The van der Waals surface area contributed by atoms with E-state index in [4.69, 9.17) is 0 Å². The zero-order valence-electron chi connectivity index (χ0n) is 38.8. The summed E-state index contributed by atoms with van der Waals surface area (Å²) in [5.41, 5.74) is 0. The van der Waals surface area contributed by atoms with Crippen molar-refractivity contribution in [3.63, 3.8) is 0 Å². The summed E-state index contributed by atoms with van der Waals surface area (Å²) >= 11 is 0. The molecule has 1 amide bonds. The number of amides is 1. The monoisotopic (exact) mass is 810 g/mol. The van der Waals surface area contributed by atoms with Gasteiger partial charge in [0.1, 0.15) is 0 Å². The highest BCUT2D eigenvalue weighted by Gasteiger charge is 2.17. The summed E-state index contributed by atoms with van der Waals surface area (Å²) in [5, 5.41) is 23.0. The van der Waals surface area contributed by atoms with Gasteiger partial charge in [-0.1, -0.05) is 267 Å². The van der Waals surface area contributed by atoms with Crippen LogP contribution in [0.2, 0.25) is 0 Å². The summed E-state index contributed by atoms with van der Waals surface area (Å²) in [7, 11) is 0. The Morgan fingerprint density at radius 3 is 1.10 bits per heavy atom. The van der Waals surface area contributed by atoms with E-state index in [0.717, 1.165) is 38.5 Å². The van der Waals surface area contributed by atoms with Crippen LogP contribution in [0.5, 0.6) is 0 Å². The van der Waals surface area contributed by atoms with Gasteiger partial charge in [-0.15, -0.1) is 0 Å². The Kier molecular flexibility index (Phi) is 47.8. The second-order valence-corrected chi connectivity index (χ2v) is 17.2. The van der Waals surface area contributed by atoms with Gasteiger partial charge in [0.05, 0.1) is 18.8 Å². The molecule has 0 aliphatic heterocycles. The minimum atomic E-state index is -0.871. The van der Waals surface area contributed by atoms with E-state index in [1.54, 1.807) is 6.08 Å². The molecule has 0 rings (SSSR count). The van der Waals surface area contributed by atoms with Crippen LogP contribution in [0.15, 0.2) is 60.8 Å². The Morgan fingerprint density at radius 2 is 0.759 bits per heavy atom. The molecule has 0 fully saturated rings. The van der Waals surface area contributed by atoms with Crippen molar-refractivity contribution >= 4 is 5.91 Å². The molecule has 0 heterocycles. The Morgan fingerprint density at radius 1 is 0.431 bits per heavy atom. The van der Waals surface area contributed by atoms with Gasteiger partial charge in [0.25, 0.3) is 0 Å². The molecule has 0 aromatic heterocycles. The van der Waals surface area contributed by atoms with Crippen LogP contribution in [0.4, 0.5) is 0 Å². The van der Waals surface area contributed by atoms with Crippen molar-refractivity contribution < 1.29 is 15.0 Å². The fourth-order valence-corrected chi connectivity index (χ4v) is 7.66. The highest BCUT2D eigenvalue weighted by molar-refractivity contribution is 5.76. The molecule has 2 unspecified atom stereocenters. The zero-order chi connectivity index (χ0) is 42.1. The van der Waals surface area contributed by atoms with Crippen LogP contribution in [-0.2, 0) is 4.79 Å². The molecular weight excluding hydrogens is 711 g/mol. The minimum Gasteiger partial charge on any atom is -0.394 e. The Labute approximate surface area is 362 Å². The van der Waals surface area contributed by atoms with E-state index in [2.05, 4.69) is 61.7 Å². The van der Waals surface area contributed by atoms with Crippen molar-refractivity contribution in [1.29, 1.82) is 0 Å². The Hall–Kier alpha value is -1.91. The number of carbonyl (C=O) groups is 1. The van der Waals surface area contributed by atoms with Gasteiger partial charge in [-0.2, -0.15) is 0 Å². The summed E-state index contributed by atoms with van der Waals surface area (Å²) in [6.45, 7) is 4.17. The first kappa shape index (κ1) is 56.1. The van der Waals surface area contributed by atoms with Crippen LogP contribution in [0, 0.1) is 0 Å². The highest BCUT2D eigenvalue weighted by atomic mass is 16.3. The summed E-state index contributed by atoms with van der Waals surface area (Å²) in [5.74, 6) is -0.143. The normalized spacial score (nSPS) is 13.4. The number of allylic oxidation sites excluding steroid dienone is 9. The van der Waals surface area contributed by atoms with E-state index in [1.807, 2.05) is 12.2 Å². The number of hydrogen-bond acceptors (Lipinski definition) is 3. The van der Waals surface area contributed by atoms with Crippen LogP contribution < -0.4 is 5.32 Å². The van der Waals surface area contributed by atoms with Crippen molar-refractivity contribution in [3.8, 4) is 0 Å². The van der Waals surface area contributed by atoms with Crippen LogP contribution >= 0.6 is 0 Å². The quantitative estimate of drug-likeness (QED) is 0.0424. The van der Waals surface area contributed by atoms with Crippen molar-refractivity contribution in [2.75, 3.05) is 6.61 Å². The summed E-state index contributed by atoms with van der Waals surface area (Å²) in [6, 6.07) is -0.663.